The highest BCUT2D eigenvalue weighted by Gasteiger charge is 2.18. The molecule has 0 saturated carbocycles. The van der Waals surface area contributed by atoms with Gasteiger partial charge in [0.15, 0.2) is 0 Å². The van der Waals surface area contributed by atoms with Crippen molar-refractivity contribution in [2.45, 2.75) is 39.7 Å². The molecular weight excluding hydrogens is 234 g/mol. The molecule has 0 aliphatic heterocycles. The smallest absolute Gasteiger partial charge is 0.128 e. The van der Waals surface area contributed by atoms with Crippen molar-refractivity contribution in [1.82, 2.24) is 10.3 Å². The predicted molar refractivity (Wildman–Crippen MR) is 74.1 cm³/mol. The zero-order valence-electron chi connectivity index (χ0n) is 11.0. The van der Waals surface area contributed by atoms with Crippen molar-refractivity contribution in [3.05, 3.63) is 22.8 Å². The molecule has 0 spiro atoms. The zero-order valence-corrected chi connectivity index (χ0v) is 11.8. The second kappa shape index (κ2) is 5.69. The van der Waals surface area contributed by atoms with Crippen LogP contribution in [0.4, 0.5) is 5.82 Å². The van der Waals surface area contributed by atoms with E-state index in [0.717, 1.165) is 18.4 Å². The van der Waals surface area contributed by atoms with E-state index in [-0.39, 0.29) is 6.04 Å². The minimum atomic E-state index is 0.209. The van der Waals surface area contributed by atoms with Crippen LogP contribution in [-0.2, 0) is 0 Å². The number of nitrogens with zero attached hydrogens (tertiary/aromatic N) is 1. The van der Waals surface area contributed by atoms with Gasteiger partial charge in [0.1, 0.15) is 5.82 Å². The summed E-state index contributed by atoms with van der Waals surface area (Å²) in [4.78, 5) is 4.10. The molecule has 1 atom stereocenters. The Morgan fingerprint density at radius 3 is 2.65 bits per heavy atom. The van der Waals surface area contributed by atoms with Gasteiger partial charge in [-0.3, -0.25) is 0 Å². The second-order valence-electron chi connectivity index (χ2n) is 5.57. The van der Waals surface area contributed by atoms with E-state index in [0.29, 0.717) is 16.3 Å². The average molecular weight is 256 g/mol. The molecule has 4 heteroatoms. The molecule has 17 heavy (non-hydrogen) atoms. The van der Waals surface area contributed by atoms with Crippen LogP contribution in [0.25, 0.3) is 0 Å². The van der Waals surface area contributed by atoms with E-state index >= 15 is 0 Å². The lowest BCUT2D eigenvalue weighted by Crippen LogP contribution is -2.20. The third-order valence-corrected chi connectivity index (χ3v) is 3.03. The molecule has 0 amide bonds. The summed E-state index contributed by atoms with van der Waals surface area (Å²) in [5.74, 6) is 0.558. The summed E-state index contributed by atoms with van der Waals surface area (Å²) in [6, 6.07) is 2.11. The maximum atomic E-state index is 5.96. The number of nitrogens with two attached hydrogens (primary N) is 1. The van der Waals surface area contributed by atoms with Crippen LogP contribution >= 0.6 is 11.6 Å². The Balaban J connectivity index is 2.82. The quantitative estimate of drug-likeness (QED) is 0.867. The molecule has 1 aromatic heterocycles. The van der Waals surface area contributed by atoms with Crippen LogP contribution in [0.1, 0.15) is 45.2 Å². The van der Waals surface area contributed by atoms with Crippen LogP contribution in [0.3, 0.4) is 0 Å². The van der Waals surface area contributed by atoms with Crippen molar-refractivity contribution in [3.8, 4) is 0 Å². The van der Waals surface area contributed by atoms with Gasteiger partial charge in [0, 0.05) is 17.8 Å². The summed E-state index contributed by atoms with van der Waals surface area (Å²) in [6.45, 7) is 6.71. The SMILES string of the molecule is CNC(CCC(C)(C)C)c1cc(Cl)cnc1N. The highest BCUT2D eigenvalue weighted by atomic mass is 35.5. The summed E-state index contributed by atoms with van der Waals surface area (Å²) in [5, 5.41) is 3.91. The maximum absolute atomic E-state index is 5.96. The van der Waals surface area contributed by atoms with Crippen LogP contribution < -0.4 is 11.1 Å². The third-order valence-electron chi connectivity index (χ3n) is 2.82. The van der Waals surface area contributed by atoms with E-state index in [2.05, 4.69) is 31.1 Å². The van der Waals surface area contributed by atoms with Gasteiger partial charge >= 0.3 is 0 Å². The van der Waals surface area contributed by atoms with E-state index in [9.17, 15) is 0 Å². The molecule has 1 unspecified atom stereocenters. The Labute approximate surface area is 109 Å². The molecule has 0 radical (unpaired) electrons. The van der Waals surface area contributed by atoms with Crippen molar-refractivity contribution in [3.63, 3.8) is 0 Å². The Bertz CT molecular complexity index is 371. The number of rotatable bonds is 4. The predicted octanol–water partition coefficient (Wildman–Crippen LogP) is 3.40. The highest BCUT2D eigenvalue weighted by Crippen LogP contribution is 2.30. The van der Waals surface area contributed by atoms with Crippen molar-refractivity contribution in [2.24, 2.45) is 5.41 Å². The minimum absolute atomic E-state index is 0.209. The molecule has 0 bridgehead atoms. The lowest BCUT2D eigenvalue weighted by Gasteiger charge is -2.23. The highest BCUT2D eigenvalue weighted by molar-refractivity contribution is 6.30. The number of halogens is 1. The summed E-state index contributed by atoms with van der Waals surface area (Å²) in [7, 11) is 1.94. The lowest BCUT2D eigenvalue weighted by atomic mass is 9.87. The molecule has 1 aromatic rings. The van der Waals surface area contributed by atoms with E-state index in [4.69, 9.17) is 17.3 Å². The average Bonchev–Trinajstić information content (AvgIpc) is 2.22. The molecule has 96 valence electrons. The normalized spacial score (nSPS) is 13.7. The van der Waals surface area contributed by atoms with Gasteiger partial charge in [-0.25, -0.2) is 4.98 Å². The van der Waals surface area contributed by atoms with Crippen molar-refractivity contribution < 1.29 is 0 Å². The summed E-state index contributed by atoms with van der Waals surface area (Å²) in [5.41, 5.74) is 7.20. The number of nitrogen functional groups attached to an aromatic ring is 1. The number of hydrogen-bond acceptors (Lipinski definition) is 3. The molecule has 3 N–H and O–H groups in total. The Morgan fingerprint density at radius 2 is 2.12 bits per heavy atom. The number of hydrogen-bond donors (Lipinski definition) is 2. The van der Waals surface area contributed by atoms with Crippen molar-refractivity contribution in [2.75, 3.05) is 12.8 Å². The van der Waals surface area contributed by atoms with Crippen LogP contribution in [0, 0.1) is 5.41 Å². The first-order valence-corrected chi connectivity index (χ1v) is 6.29. The van der Waals surface area contributed by atoms with Crippen molar-refractivity contribution in [1.29, 1.82) is 0 Å². The monoisotopic (exact) mass is 255 g/mol. The molecule has 0 aromatic carbocycles. The molecule has 0 aliphatic rings. The number of aromatic nitrogens is 1. The fraction of sp³-hybridized carbons (Fsp3) is 0.615. The molecule has 3 nitrogen and oxygen atoms in total. The topological polar surface area (TPSA) is 50.9 Å². The van der Waals surface area contributed by atoms with E-state index in [1.54, 1.807) is 6.20 Å². The summed E-state index contributed by atoms with van der Waals surface area (Å²) in [6.07, 6.45) is 3.72. The maximum Gasteiger partial charge on any atom is 0.128 e. The van der Waals surface area contributed by atoms with Gasteiger partial charge in [0.05, 0.1) is 5.02 Å². The molecule has 1 rings (SSSR count). The number of anilines is 1. The van der Waals surface area contributed by atoms with E-state index in [1.807, 2.05) is 13.1 Å². The van der Waals surface area contributed by atoms with Crippen LogP contribution in [0.5, 0.6) is 0 Å². The van der Waals surface area contributed by atoms with Gasteiger partial charge in [-0.1, -0.05) is 32.4 Å². The first-order chi connectivity index (χ1) is 7.83. The van der Waals surface area contributed by atoms with Gasteiger partial charge in [-0.15, -0.1) is 0 Å². The van der Waals surface area contributed by atoms with Crippen molar-refractivity contribution >= 4 is 17.4 Å². The van der Waals surface area contributed by atoms with Gasteiger partial charge < -0.3 is 11.1 Å². The summed E-state index contributed by atoms with van der Waals surface area (Å²) >= 11 is 5.96. The van der Waals surface area contributed by atoms with Gasteiger partial charge in [0.2, 0.25) is 0 Å². The van der Waals surface area contributed by atoms with E-state index < -0.39 is 0 Å². The first-order valence-electron chi connectivity index (χ1n) is 5.91. The molecule has 1 heterocycles. The largest absolute Gasteiger partial charge is 0.383 e. The Kier molecular flexibility index (Phi) is 4.78. The standard InChI is InChI=1S/C13H22ClN3/c1-13(2,3)6-5-11(16-4)10-7-9(14)8-17-12(10)15/h7-8,11,16H,5-6H2,1-4H3,(H2,15,17). The minimum Gasteiger partial charge on any atom is -0.383 e. The van der Waals surface area contributed by atoms with Crippen LogP contribution in [0.15, 0.2) is 12.3 Å². The third kappa shape index (κ3) is 4.52. The summed E-state index contributed by atoms with van der Waals surface area (Å²) < 4.78 is 0. The van der Waals surface area contributed by atoms with Crippen LogP contribution in [-0.4, -0.2) is 12.0 Å². The van der Waals surface area contributed by atoms with Gasteiger partial charge in [0.25, 0.3) is 0 Å². The fourth-order valence-electron chi connectivity index (χ4n) is 1.78. The number of nitrogens with one attached hydrogen (secondary N) is 1. The lowest BCUT2D eigenvalue weighted by molar-refractivity contribution is 0.338. The Morgan fingerprint density at radius 1 is 1.47 bits per heavy atom. The van der Waals surface area contributed by atoms with Gasteiger partial charge in [-0.05, 0) is 31.4 Å². The van der Waals surface area contributed by atoms with Gasteiger partial charge in [-0.2, -0.15) is 0 Å². The van der Waals surface area contributed by atoms with Crippen LogP contribution in [0.2, 0.25) is 5.02 Å². The molecular formula is C13H22ClN3. The van der Waals surface area contributed by atoms with E-state index in [1.165, 1.54) is 0 Å². The number of pyridine rings is 1. The fourth-order valence-corrected chi connectivity index (χ4v) is 1.94. The zero-order chi connectivity index (χ0) is 13.1. The first kappa shape index (κ1) is 14.3. The molecule has 0 aliphatic carbocycles. The second-order valence-corrected chi connectivity index (χ2v) is 6.01. The Hall–Kier alpha value is -0.800. The molecule has 0 saturated heterocycles. The molecule has 0 fully saturated rings.